The van der Waals surface area contributed by atoms with E-state index < -0.39 is 29.0 Å². The van der Waals surface area contributed by atoms with E-state index in [2.05, 4.69) is 15.8 Å². The van der Waals surface area contributed by atoms with Gasteiger partial charge in [-0.15, -0.1) is 0 Å². The van der Waals surface area contributed by atoms with E-state index in [0.29, 0.717) is 29.5 Å². The molecule has 1 fully saturated rings. The third-order valence-electron chi connectivity index (χ3n) is 6.07. The summed E-state index contributed by atoms with van der Waals surface area (Å²) in [6.07, 6.45) is -3.78. The summed E-state index contributed by atoms with van der Waals surface area (Å²) in [6, 6.07) is 16.6. The molecule has 4 N–H and O–H groups in total. The van der Waals surface area contributed by atoms with Gasteiger partial charge in [-0.3, -0.25) is 9.59 Å². The van der Waals surface area contributed by atoms with E-state index in [0.717, 1.165) is 35.4 Å². The zero-order valence-corrected chi connectivity index (χ0v) is 18.1. The predicted octanol–water partition coefficient (Wildman–Crippen LogP) is 5.45. The molecule has 7 nitrogen and oxygen atoms in total. The Bertz CT molecular complexity index is 1420. The van der Waals surface area contributed by atoms with E-state index in [-0.39, 0.29) is 11.5 Å². The molecular weight excluding hydrogens is 461 g/mol. The largest absolute Gasteiger partial charge is 0.416 e. The second-order valence-electron chi connectivity index (χ2n) is 8.39. The van der Waals surface area contributed by atoms with Gasteiger partial charge in [0.2, 0.25) is 11.8 Å². The lowest BCUT2D eigenvalue weighted by molar-refractivity contribution is -0.137. The number of carbonyl (C=O) groups is 2. The quantitative estimate of drug-likeness (QED) is 0.329. The first-order chi connectivity index (χ1) is 16.7. The molecule has 0 spiro atoms. The molecule has 2 amide bonds. The van der Waals surface area contributed by atoms with Crippen LogP contribution in [-0.2, 0) is 15.8 Å². The number of amides is 2. The Morgan fingerprint density at radius 1 is 0.886 bits per heavy atom. The van der Waals surface area contributed by atoms with Gasteiger partial charge < -0.3 is 20.9 Å². The van der Waals surface area contributed by atoms with E-state index in [4.69, 9.17) is 10.3 Å². The molecule has 1 heterocycles. The Kier molecular flexibility index (Phi) is 5.23. The monoisotopic (exact) mass is 480 g/mol. The number of carbonyl (C=O) groups excluding carboxylic acids is 2. The minimum Gasteiger partial charge on any atom is -0.380 e. The van der Waals surface area contributed by atoms with E-state index >= 15 is 0 Å². The summed E-state index contributed by atoms with van der Waals surface area (Å²) in [4.78, 5) is 25.7. The van der Waals surface area contributed by atoms with Crippen LogP contribution >= 0.6 is 0 Å². The molecule has 35 heavy (non-hydrogen) atoms. The first-order valence-corrected chi connectivity index (χ1v) is 10.7. The smallest absolute Gasteiger partial charge is 0.380 e. The fraction of sp³-hybridized carbons (Fsp3) is 0.160. The molecule has 1 aliphatic carbocycles. The molecule has 0 bridgehead atoms. The van der Waals surface area contributed by atoms with Crippen molar-refractivity contribution in [1.29, 1.82) is 0 Å². The lowest BCUT2D eigenvalue weighted by atomic mass is 10.0. The molecule has 4 aromatic rings. The summed E-state index contributed by atoms with van der Waals surface area (Å²) >= 11 is 0. The highest BCUT2D eigenvalue weighted by Gasteiger charge is 2.56. The Morgan fingerprint density at radius 3 is 2.00 bits per heavy atom. The molecular formula is C25H19F3N4O3. The number of hydrogen-bond donors (Lipinski definition) is 3. The highest BCUT2D eigenvalue weighted by Crippen LogP contribution is 2.47. The van der Waals surface area contributed by atoms with Gasteiger partial charge in [-0.1, -0.05) is 29.4 Å². The second kappa shape index (κ2) is 8.15. The Labute approximate surface area is 197 Å². The highest BCUT2D eigenvalue weighted by molar-refractivity contribution is 6.17. The number of aromatic nitrogens is 1. The van der Waals surface area contributed by atoms with Gasteiger partial charge >= 0.3 is 6.18 Å². The van der Waals surface area contributed by atoms with Gasteiger partial charge in [-0.05, 0) is 66.4 Å². The SMILES string of the molecule is Nc1noc2cccc(-c3ccc(NC(=O)C4(C(=O)Nc5ccc(C(F)(F)F)cc5)CC4)cc3)c12. The molecule has 0 unspecified atom stereocenters. The zero-order chi connectivity index (χ0) is 24.8. The van der Waals surface area contributed by atoms with Crippen LogP contribution in [0.3, 0.4) is 0 Å². The van der Waals surface area contributed by atoms with Crippen molar-refractivity contribution >= 4 is 40.0 Å². The van der Waals surface area contributed by atoms with Gasteiger partial charge in [0, 0.05) is 11.4 Å². The summed E-state index contributed by atoms with van der Waals surface area (Å²) in [5.41, 5.74) is 6.76. The van der Waals surface area contributed by atoms with Crippen molar-refractivity contribution in [3.63, 3.8) is 0 Å². The number of alkyl halides is 3. The number of benzene rings is 3. The molecule has 0 saturated heterocycles. The van der Waals surface area contributed by atoms with Crippen LogP contribution in [-0.4, -0.2) is 17.0 Å². The normalized spacial score (nSPS) is 14.5. The van der Waals surface area contributed by atoms with Gasteiger partial charge in [-0.2, -0.15) is 13.2 Å². The molecule has 10 heteroatoms. The summed E-state index contributed by atoms with van der Waals surface area (Å²) in [5.74, 6) is -0.747. The molecule has 5 rings (SSSR count). The van der Waals surface area contributed by atoms with Gasteiger partial charge in [-0.25, -0.2) is 0 Å². The average molecular weight is 480 g/mol. The number of rotatable bonds is 5. The fourth-order valence-electron chi connectivity index (χ4n) is 3.92. The first kappa shape index (κ1) is 22.5. The molecule has 178 valence electrons. The van der Waals surface area contributed by atoms with Crippen LogP contribution in [0.1, 0.15) is 18.4 Å². The zero-order valence-electron chi connectivity index (χ0n) is 18.1. The molecule has 1 aromatic heterocycles. The van der Waals surface area contributed by atoms with Gasteiger partial charge in [0.1, 0.15) is 5.41 Å². The molecule has 0 atom stereocenters. The maximum Gasteiger partial charge on any atom is 0.416 e. The number of nitrogens with two attached hydrogens (primary N) is 1. The van der Waals surface area contributed by atoms with Crippen LogP contribution in [0.2, 0.25) is 0 Å². The lowest BCUT2D eigenvalue weighted by Gasteiger charge is -2.16. The van der Waals surface area contributed by atoms with Crippen molar-refractivity contribution in [1.82, 2.24) is 5.16 Å². The van der Waals surface area contributed by atoms with Crippen LogP contribution in [0, 0.1) is 5.41 Å². The van der Waals surface area contributed by atoms with Crippen molar-refractivity contribution in [2.24, 2.45) is 5.41 Å². The van der Waals surface area contributed by atoms with E-state index in [1.54, 1.807) is 30.3 Å². The Morgan fingerprint density at radius 2 is 1.46 bits per heavy atom. The van der Waals surface area contributed by atoms with Crippen LogP contribution in [0.15, 0.2) is 71.3 Å². The molecule has 3 aromatic carbocycles. The Hall–Kier alpha value is -4.34. The van der Waals surface area contributed by atoms with Gasteiger partial charge in [0.25, 0.3) is 0 Å². The van der Waals surface area contributed by atoms with Crippen molar-refractivity contribution in [3.8, 4) is 11.1 Å². The van der Waals surface area contributed by atoms with E-state index in [1.165, 1.54) is 0 Å². The topological polar surface area (TPSA) is 110 Å². The summed E-state index contributed by atoms with van der Waals surface area (Å²) < 4.78 is 43.4. The van der Waals surface area contributed by atoms with Crippen molar-refractivity contribution in [2.45, 2.75) is 19.0 Å². The fourth-order valence-corrected chi connectivity index (χ4v) is 3.92. The van der Waals surface area contributed by atoms with Crippen molar-refractivity contribution in [3.05, 3.63) is 72.3 Å². The predicted molar refractivity (Wildman–Crippen MR) is 124 cm³/mol. The number of halogens is 3. The van der Waals surface area contributed by atoms with Crippen LogP contribution in [0.4, 0.5) is 30.4 Å². The lowest BCUT2D eigenvalue weighted by Crippen LogP contribution is -2.35. The Balaban J connectivity index is 1.28. The number of nitrogens with zero attached hydrogens (tertiary/aromatic N) is 1. The average Bonchev–Trinajstić information content (AvgIpc) is 3.57. The molecule has 1 aliphatic rings. The standard InChI is InChI=1S/C25H19F3N4O3/c26-25(27,28)15-6-10-17(11-7-15)31-23(34)24(12-13-24)22(33)30-16-8-4-14(5-9-16)18-2-1-3-19-20(18)21(29)32-35-19/h1-11H,12-13H2,(H2,29,32)(H,30,33)(H,31,34). The molecule has 1 saturated carbocycles. The molecule has 0 radical (unpaired) electrons. The third kappa shape index (κ3) is 4.18. The number of nitrogens with one attached hydrogen (secondary N) is 2. The minimum absolute atomic E-state index is 0.189. The maximum atomic E-state index is 12.9. The van der Waals surface area contributed by atoms with Crippen LogP contribution < -0.4 is 16.4 Å². The van der Waals surface area contributed by atoms with Gasteiger partial charge in [0.05, 0.1) is 10.9 Å². The van der Waals surface area contributed by atoms with Gasteiger partial charge in [0.15, 0.2) is 11.4 Å². The minimum atomic E-state index is -4.47. The van der Waals surface area contributed by atoms with Crippen LogP contribution in [0.25, 0.3) is 22.1 Å². The van der Waals surface area contributed by atoms with Crippen LogP contribution in [0.5, 0.6) is 0 Å². The summed E-state index contributed by atoms with van der Waals surface area (Å²) in [6.45, 7) is 0. The number of fused-ring (bicyclic) bond motifs is 1. The number of anilines is 3. The van der Waals surface area contributed by atoms with Crippen molar-refractivity contribution < 1.29 is 27.3 Å². The van der Waals surface area contributed by atoms with E-state index in [1.807, 2.05) is 12.1 Å². The molecule has 0 aliphatic heterocycles. The third-order valence-corrected chi connectivity index (χ3v) is 6.07. The summed E-state index contributed by atoms with van der Waals surface area (Å²) in [7, 11) is 0. The maximum absolute atomic E-state index is 12.9. The van der Waals surface area contributed by atoms with E-state index in [9.17, 15) is 22.8 Å². The second-order valence-corrected chi connectivity index (χ2v) is 8.39. The summed E-state index contributed by atoms with van der Waals surface area (Å²) in [5, 5.41) is 9.79. The first-order valence-electron chi connectivity index (χ1n) is 10.7. The highest BCUT2D eigenvalue weighted by atomic mass is 19.4. The number of hydrogen-bond acceptors (Lipinski definition) is 5. The number of nitrogen functional groups attached to an aromatic ring is 1. The van der Waals surface area contributed by atoms with Crippen molar-refractivity contribution in [2.75, 3.05) is 16.4 Å².